The first-order valence-corrected chi connectivity index (χ1v) is 11.8. The summed E-state index contributed by atoms with van der Waals surface area (Å²) in [6, 6.07) is 1.20. The van der Waals surface area contributed by atoms with E-state index in [4.69, 9.17) is 14.6 Å². The number of allylic oxidation sites excluding steroid dienone is 1. The largest absolute Gasteiger partial charge is 0.396 e. The monoisotopic (exact) mass is 314 g/mol. The molecule has 1 aliphatic rings. The van der Waals surface area contributed by atoms with Crippen molar-refractivity contribution in [2.24, 2.45) is 0 Å². The fraction of sp³-hybridized carbons (Fsp3) is 0.882. The van der Waals surface area contributed by atoms with Crippen LogP contribution in [0.25, 0.3) is 0 Å². The van der Waals surface area contributed by atoms with Crippen LogP contribution in [0, 0.1) is 0 Å². The Kier molecular flexibility index (Phi) is 6.24. The van der Waals surface area contributed by atoms with Crippen molar-refractivity contribution in [3.8, 4) is 0 Å². The summed E-state index contributed by atoms with van der Waals surface area (Å²) in [5.74, 6) is -0.484. The summed E-state index contributed by atoms with van der Waals surface area (Å²) in [6.07, 6.45) is 5.14. The summed E-state index contributed by atoms with van der Waals surface area (Å²) < 4.78 is 12.1. The lowest BCUT2D eigenvalue weighted by Gasteiger charge is -2.25. The third-order valence-corrected chi connectivity index (χ3v) is 5.27. The summed E-state index contributed by atoms with van der Waals surface area (Å²) >= 11 is 0. The Morgan fingerprint density at radius 1 is 1.19 bits per heavy atom. The predicted molar refractivity (Wildman–Crippen MR) is 91.3 cm³/mol. The Morgan fingerprint density at radius 2 is 1.81 bits per heavy atom. The van der Waals surface area contributed by atoms with Crippen molar-refractivity contribution >= 4 is 8.07 Å². The van der Waals surface area contributed by atoms with Gasteiger partial charge in [0.1, 0.15) is 0 Å². The van der Waals surface area contributed by atoms with Crippen LogP contribution in [-0.4, -0.2) is 37.3 Å². The van der Waals surface area contributed by atoms with Gasteiger partial charge in [-0.05, 0) is 53.0 Å². The molecule has 0 saturated carbocycles. The quantitative estimate of drug-likeness (QED) is 0.561. The number of hydrogen-bond donors (Lipinski definition) is 1. The standard InChI is InChI=1S/C17H34O3Si/c1-16(2)15(19-17(3,4)20-16)11-10-14(9-8-12-18)13-21(5,6)7/h9,15,18H,8,10-13H2,1-7H3/b14-9-/t15-/m0/s1. The van der Waals surface area contributed by atoms with Gasteiger partial charge in [-0.3, -0.25) is 0 Å². The minimum Gasteiger partial charge on any atom is -0.396 e. The van der Waals surface area contributed by atoms with Gasteiger partial charge in [-0.1, -0.05) is 31.3 Å². The first-order valence-electron chi connectivity index (χ1n) is 8.12. The van der Waals surface area contributed by atoms with E-state index in [0.717, 1.165) is 19.3 Å². The van der Waals surface area contributed by atoms with Gasteiger partial charge in [0.15, 0.2) is 5.79 Å². The number of hydrogen-bond acceptors (Lipinski definition) is 3. The molecule has 1 fully saturated rings. The lowest BCUT2D eigenvalue weighted by Crippen LogP contribution is -2.33. The minimum absolute atomic E-state index is 0.131. The Morgan fingerprint density at radius 3 is 2.24 bits per heavy atom. The molecule has 0 radical (unpaired) electrons. The molecule has 3 nitrogen and oxygen atoms in total. The Bertz CT molecular complexity index is 367. The second-order valence-electron chi connectivity index (χ2n) is 8.36. The highest BCUT2D eigenvalue weighted by Crippen LogP contribution is 2.38. The highest BCUT2D eigenvalue weighted by atomic mass is 28.3. The highest BCUT2D eigenvalue weighted by Gasteiger charge is 2.46. The van der Waals surface area contributed by atoms with Crippen LogP contribution >= 0.6 is 0 Å². The third kappa shape index (κ3) is 6.64. The van der Waals surface area contributed by atoms with E-state index in [-0.39, 0.29) is 18.3 Å². The summed E-state index contributed by atoms with van der Waals surface area (Å²) in [7, 11) is -1.13. The molecule has 0 amide bonds. The van der Waals surface area contributed by atoms with Crippen LogP contribution in [-0.2, 0) is 9.47 Å². The topological polar surface area (TPSA) is 38.7 Å². The molecule has 0 unspecified atom stereocenters. The second kappa shape index (κ2) is 6.94. The maximum absolute atomic E-state index is 9.07. The van der Waals surface area contributed by atoms with E-state index >= 15 is 0 Å². The molecule has 1 rings (SSSR count). The Labute approximate surface area is 131 Å². The van der Waals surface area contributed by atoms with E-state index in [0.29, 0.717) is 0 Å². The van der Waals surface area contributed by atoms with Crippen molar-refractivity contribution in [3.63, 3.8) is 0 Å². The van der Waals surface area contributed by atoms with Gasteiger partial charge in [-0.2, -0.15) is 0 Å². The van der Waals surface area contributed by atoms with E-state index in [1.807, 2.05) is 13.8 Å². The fourth-order valence-electron chi connectivity index (χ4n) is 3.14. The molecule has 0 aromatic rings. The molecule has 0 aliphatic carbocycles. The van der Waals surface area contributed by atoms with Crippen molar-refractivity contribution < 1.29 is 14.6 Å². The van der Waals surface area contributed by atoms with E-state index in [9.17, 15) is 0 Å². The molecule has 21 heavy (non-hydrogen) atoms. The van der Waals surface area contributed by atoms with E-state index in [2.05, 4.69) is 39.6 Å². The van der Waals surface area contributed by atoms with Gasteiger partial charge in [0.25, 0.3) is 0 Å². The molecule has 1 aliphatic heterocycles. The summed E-state index contributed by atoms with van der Waals surface area (Å²) in [4.78, 5) is 0. The van der Waals surface area contributed by atoms with Crippen LogP contribution in [0.2, 0.25) is 25.7 Å². The molecule has 1 atom stereocenters. The second-order valence-corrected chi connectivity index (χ2v) is 13.8. The zero-order valence-electron chi connectivity index (χ0n) is 15.0. The molecule has 1 saturated heterocycles. The normalized spacial score (nSPS) is 25.3. The van der Waals surface area contributed by atoms with Gasteiger partial charge in [0, 0.05) is 14.7 Å². The van der Waals surface area contributed by atoms with Crippen molar-refractivity contribution in [2.45, 2.75) is 90.1 Å². The van der Waals surface area contributed by atoms with E-state index in [1.54, 1.807) is 0 Å². The molecular weight excluding hydrogens is 280 g/mol. The molecule has 0 aromatic carbocycles. The van der Waals surface area contributed by atoms with E-state index < -0.39 is 13.9 Å². The predicted octanol–water partition coefficient (Wildman–Crippen LogP) is 4.34. The smallest absolute Gasteiger partial charge is 0.164 e. The van der Waals surface area contributed by atoms with Gasteiger partial charge in [-0.25, -0.2) is 0 Å². The van der Waals surface area contributed by atoms with Crippen molar-refractivity contribution in [1.82, 2.24) is 0 Å². The average molecular weight is 315 g/mol. The zero-order chi connectivity index (χ0) is 16.3. The number of ether oxygens (including phenoxy) is 2. The summed E-state index contributed by atoms with van der Waals surface area (Å²) in [5.41, 5.74) is 1.25. The average Bonchev–Trinajstić information content (AvgIpc) is 2.48. The maximum atomic E-state index is 9.07. The van der Waals surface area contributed by atoms with Crippen LogP contribution in [0.4, 0.5) is 0 Å². The van der Waals surface area contributed by atoms with Gasteiger partial charge in [0.2, 0.25) is 0 Å². The lowest BCUT2D eigenvalue weighted by atomic mass is 9.95. The minimum atomic E-state index is -1.13. The van der Waals surface area contributed by atoms with Crippen LogP contribution in [0.3, 0.4) is 0 Å². The van der Waals surface area contributed by atoms with E-state index in [1.165, 1.54) is 11.6 Å². The first-order chi connectivity index (χ1) is 9.45. The molecule has 4 heteroatoms. The molecule has 1 heterocycles. The lowest BCUT2D eigenvalue weighted by molar-refractivity contribution is -0.157. The van der Waals surface area contributed by atoms with Crippen molar-refractivity contribution in [1.29, 1.82) is 0 Å². The van der Waals surface area contributed by atoms with Crippen LogP contribution in [0.15, 0.2) is 11.6 Å². The van der Waals surface area contributed by atoms with Crippen LogP contribution in [0.1, 0.15) is 47.0 Å². The third-order valence-electron chi connectivity index (χ3n) is 3.76. The summed E-state index contributed by atoms with van der Waals surface area (Å²) in [6.45, 7) is 15.6. The van der Waals surface area contributed by atoms with Crippen molar-refractivity contribution in [2.75, 3.05) is 6.61 Å². The molecule has 124 valence electrons. The SMILES string of the molecule is CC1(C)O[C@@H](CC/C(=C/CCO)C[Si](C)(C)C)C(C)(C)O1. The number of aliphatic hydroxyl groups is 1. The fourth-order valence-corrected chi connectivity index (χ4v) is 4.83. The van der Waals surface area contributed by atoms with Gasteiger partial charge in [-0.15, -0.1) is 0 Å². The first kappa shape index (κ1) is 18.9. The molecular formula is C17H34O3Si. The zero-order valence-corrected chi connectivity index (χ0v) is 16.0. The number of aliphatic hydroxyl groups excluding tert-OH is 1. The highest BCUT2D eigenvalue weighted by molar-refractivity contribution is 6.76. The molecule has 0 aromatic heterocycles. The Hall–Kier alpha value is -0.163. The maximum Gasteiger partial charge on any atom is 0.164 e. The Balaban J connectivity index is 2.65. The molecule has 0 bridgehead atoms. The van der Waals surface area contributed by atoms with Gasteiger partial charge < -0.3 is 14.6 Å². The van der Waals surface area contributed by atoms with Crippen molar-refractivity contribution in [3.05, 3.63) is 11.6 Å². The van der Waals surface area contributed by atoms with Gasteiger partial charge in [0.05, 0.1) is 11.7 Å². The van der Waals surface area contributed by atoms with Gasteiger partial charge >= 0.3 is 0 Å². The summed E-state index contributed by atoms with van der Waals surface area (Å²) in [5, 5.41) is 9.07. The molecule has 1 N–H and O–H groups in total. The molecule has 0 spiro atoms. The van der Waals surface area contributed by atoms with Crippen LogP contribution < -0.4 is 0 Å². The van der Waals surface area contributed by atoms with Crippen LogP contribution in [0.5, 0.6) is 0 Å². The number of rotatable bonds is 7.